The molecule has 3 nitrogen and oxygen atoms in total. The third kappa shape index (κ3) is 6.33. The van der Waals surface area contributed by atoms with Crippen LogP contribution in [0.3, 0.4) is 0 Å². The van der Waals surface area contributed by atoms with Crippen molar-refractivity contribution in [3.8, 4) is 0 Å². The number of aliphatic hydroxyl groups excluding tert-OH is 1. The van der Waals surface area contributed by atoms with E-state index in [4.69, 9.17) is 7.92 Å². The monoisotopic (exact) mass is 389 g/mol. The Hall–Kier alpha value is 0.693. The van der Waals surface area contributed by atoms with E-state index in [0.717, 1.165) is 6.42 Å². The summed E-state index contributed by atoms with van der Waals surface area (Å²) in [6.07, 6.45) is 7.22. The van der Waals surface area contributed by atoms with E-state index in [1.165, 1.54) is 3.28 Å². The summed E-state index contributed by atoms with van der Waals surface area (Å²) < 4.78 is 17.6. The first-order chi connectivity index (χ1) is 7.66. The molecule has 0 spiro atoms. The van der Waals surface area contributed by atoms with Crippen molar-refractivity contribution in [1.82, 2.24) is 3.26 Å². The van der Waals surface area contributed by atoms with Gasteiger partial charge in [0, 0.05) is 0 Å². The van der Waals surface area contributed by atoms with Gasteiger partial charge in [0.05, 0.1) is 0 Å². The average Bonchev–Trinajstić information content (AvgIpc) is 2.65. The Morgan fingerprint density at radius 2 is 2.00 bits per heavy atom. The van der Waals surface area contributed by atoms with Gasteiger partial charge < -0.3 is 0 Å². The predicted molar refractivity (Wildman–Crippen MR) is 85.2 cm³/mol. The minimum absolute atomic E-state index is 0. The van der Waals surface area contributed by atoms with Gasteiger partial charge in [-0.3, -0.25) is 0 Å². The molecule has 0 fully saturated rings. The summed E-state index contributed by atoms with van der Waals surface area (Å²) in [5.74, 6) is 0. The fourth-order valence-corrected chi connectivity index (χ4v) is 12.8. The standard InChI is InChI=1S/C5H5.C4H10N.C2H5O2.CH3.CH2.2ClH.Zr/c1-2-4-5-3-1;1-4(2,3)5;3-1-2-4;;;;;/h1-3H,4H2;5H,1-3H3;3H,1-2H2;1H3;1H2;2*1H;/q;2*-1;;;;;+2. The normalized spacial score (nSPS) is 15.6. The van der Waals surface area contributed by atoms with Crippen LogP contribution in [0.25, 0.3) is 0 Å². The second-order valence-corrected chi connectivity index (χ2v) is 18.3. The molecule has 1 aliphatic carbocycles. The van der Waals surface area contributed by atoms with Crippen molar-refractivity contribution in [3.05, 3.63) is 21.5 Å². The number of hydrogen-bond donors (Lipinski definition) is 2. The molecule has 0 aromatic heterocycles. The van der Waals surface area contributed by atoms with Crippen LogP contribution in [0, 0.1) is 0 Å². The zero-order valence-electron chi connectivity index (χ0n) is 12.2. The van der Waals surface area contributed by atoms with Gasteiger partial charge in [0.15, 0.2) is 0 Å². The third-order valence-electron chi connectivity index (χ3n) is 2.90. The van der Waals surface area contributed by atoms with Gasteiger partial charge in [-0.2, -0.15) is 0 Å². The van der Waals surface area contributed by atoms with Crippen LogP contribution in [0.2, 0.25) is 4.63 Å². The quantitative estimate of drug-likeness (QED) is 0.757. The molecular weight excluding hydrogens is 364 g/mol. The van der Waals surface area contributed by atoms with Gasteiger partial charge in [0.1, 0.15) is 0 Å². The van der Waals surface area contributed by atoms with E-state index in [2.05, 4.69) is 51.1 Å². The fourth-order valence-electron chi connectivity index (χ4n) is 2.44. The van der Waals surface area contributed by atoms with Crippen LogP contribution in [-0.4, -0.2) is 28.1 Å². The van der Waals surface area contributed by atoms with Gasteiger partial charge in [-0.1, -0.05) is 0 Å². The van der Waals surface area contributed by atoms with Crippen LogP contribution in [0.4, 0.5) is 0 Å². The summed E-state index contributed by atoms with van der Waals surface area (Å²) in [6, 6.07) is 0. The van der Waals surface area contributed by atoms with Crippen molar-refractivity contribution in [2.45, 2.75) is 37.4 Å². The topological polar surface area (TPSA) is 41.5 Å². The van der Waals surface area contributed by atoms with Crippen molar-refractivity contribution < 1.29 is 26.9 Å². The van der Waals surface area contributed by atoms with E-state index in [9.17, 15) is 0 Å². The molecule has 1 aliphatic rings. The van der Waals surface area contributed by atoms with Crippen LogP contribution < -0.4 is 3.26 Å². The molecule has 0 atom stereocenters. The van der Waals surface area contributed by atoms with Crippen LogP contribution >= 0.6 is 24.8 Å². The molecule has 19 heavy (non-hydrogen) atoms. The van der Waals surface area contributed by atoms with E-state index in [-0.39, 0.29) is 37.0 Å². The Morgan fingerprint density at radius 3 is 2.37 bits per heavy atom. The fraction of sp³-hybridized carbons (Fsp3) is 0.615. The number of allylic oxidation sites excluding steroid dienone is 4. The van der Waals surface area contributed by atoms with Crippen molar-refractivity contribution in [1.29, 1.82) is 0 Å². The molecule has 2 N–H and O–H groups in total. The van der Waals surface area contributed by atoms with Crippen LogP contribution in [0.5, 0.6) is 0 Å². The SMILES string of the molecule is Cl.Cl.[CH2]=[Zr]([CH3])([NH]C(C)(C)C)([O]CCO)[C]1=CC=CC1. The first-order valence-corrected chi connectivity index (χ1v) is 13.8. The molecule has 0 aromatic rings. The molecule has 0 aliphatic heterocycles. The maximum absolute atomic E-state index is 9.00. The average molecular weight is 391 g/mol. The zero-order chi connectivity index (χ0) is 13.2. The second-order valence-electron chi connectivity index (χ2n) is 6.16. The number of halogens is 2. The molecular formula is C13H27Cl2NO2Zr. The van der Waals surface area contributed by atoms with Gasteiger partial charge in [0.2, 0.25) is 0 Å². The van der Waals surface area contributed by atoms with E-state index < -0.39 is 19.0 Å². The van der Waals surface area contributed by atoms with Crippen molar-refractivity contribution in [3.63, 3.8) is 0 Å². The summed E-state index contributed by atoms with van der Waals surface area (Å²) in [7, 11) is 0. The van der Waals surface area contributed by atoms with Crippen LogP contribution in [0.1, 0.15) is 27.2 Å². The van der Waals surface area contributed by atoms with Gasteiger partial charge in [-0.05, 0) is 0 Å². The van der Waals surface area contributed by atoms with Gasteiger partial charge in [0.25, 0.3) is 0 Å². The molecule has 1 rings (SSSR count). The van der Waals surface area contributed by atoms with E-state index in [0.29, 0.717) is 6.61 Å². The molecule has 0 saturated heterocycles. The molecule has 0 unspecified atom stereocenters. The van der Waals surface area contributed by atoms with Crippen molar-refractivity contribution in [2.24, 2.45) is 0 Å². The maximum atomic E-state index is 9.00. The van der Waals surface area contributed by atoms with E-state index in [1.54, 1.807) is 0 Å². The number of aliphatic hydroxyl groups is 1. The van der Waals surface area contributed by atoms with Gasteiger partial charge in [-0.25, -0.2) is 0 Å². The number of hydrogen-bond acceptors (Lipinski definition) is 3. The Morgan fingerprint density at radius 1 is 1.42 bits per heavy atom. The summed E-state index contributed by atoms with van der Waals surface area (Å²) in [5, 5.41) is 9.00. The molecule has 0 amide bonds. The molecule has 114 valence electrons. The molecule has 0 saturated carbocycles. The Balaban J connectivity index is 0. The zero-order valence-corrected chi connectivity index (χ0v) is 16.3. The first kappa shape index (κ1) is 22.0. The predicted octanol–water partition coefficient (Wildman–Crippen LogP) is 3.07. The second kappa shape index (κ2) is 7.63. The van der Waals surface area contributed by atoms with E-state index >= 15 is 0 Å². The molecule has 6 heteroatoms. The Labute approximate surface area is 130 Å². The van der Waals surface area contributed by atoms with Crippen molar-refractivity contribution in [2.75, 3.05) is 13.2 Å². The summed E-state index contributed by atoms with van der Waals surface area (Å²) in [6.45, 7) is 6.77. The van der Waals surface area contributed by atoms with Gasteiger partial charge >= 0.3 is 107 Å². The Kier molecular flexibility index (Phi) is 8.83. The minimum atomic E-state index is -3.80. The summed E-state index contributed by atoms with van der Waals surface area (Å²) in [4.78, 5) is 0. The van der Waals surface area contributed by atoms with Gasteiger partial charge in [-0.15, -0.1) is 24.8 Å². The third-order valence-corrected chi connectivity index (χ3v) is 13.8. The Bertz CT molecular complexity index is 413. The summed E-state index contributed by atoms with van der Waals surface area (Å²) in [5.41, 5.74) is -0.0410. The molecule has 0 heterocycles. The molecule has 0 aromatic carbocycles. The molecule has 0 radical (unpaired) electrons. The first-order valence-electron chi connectivity index (χ1n) is 6.13. The van der Waals surface area contributed by atoms with Crippen LogP contribution in [-0.2, 0) is 21.8 Å². The number of rotatable bonds is 5. The van der Waals surface area contributed by atoms with Crippen LogP contribution in [0.15, 0.2) is 21.5 Å². The summed E-state index contributed by atoms with van der Waals surface area (Å²) >= 11 is -3.80. The van der Waals surface area contributed by atoms with E-state index in [1.807, 2.05) is 0 Å². The number of nitrogens with one attached hydrogen (secondary N) is 1. The molecule has 0 bridgehead atoms. The van der Waals surface area contributed by atoms with Crippen molar-refractivity contribution >= 4 is 29.0 Å².